The van der Waals surface area contributed by atoms with E-state index in [1.807, 2.05) is 53.4 Å². The minimum absolute atomic E-state index is 0.0405. The van der Waals surface area contributed by atoms with Gasteiger partial charge in [-0.25, -0.2) is 0 Å². The van der Waals surface area contributed by atoms with E-state index in [4.69, 9.17) is 0 Å². The van der Waals surface area contributed by atoms with Gasteiger partial charge in [0.15, 0.2) is 0 Å². The number of nitro benzene ring substituents is 1. The molecular formula is C25H26N4O3. The number of rotatable bonds is 6. The quantitative estimate of drug-likeness (QED) is 0.451. The Labute approximate surface area is 187 Å². The lowest BCUT2D eigenvalue weighted by molar-refractivity contribution is -0.384. The Hall–Kier alpha value is -3.74. The van der Waals surface area contributed by atoms with E-state index in [2.05, 4.69) is 17.2 Å². The zero-order valence-corrected chi connectivity index (χ0v) is 18.0. The molecule has 1 amide bonds. The standard InChI is InChI=1S/C25H26N4O3/c1-18-12-15-28(16-13-18)22-11-10-20(17-23(22)29(31)32)25(30)27-24(19-7-3-2-4-8-19)21-9-5-6-14-26-21/h2-11,14,17-18,24H,12-13,15-16H2,1H3,(H,27,30). The molecule has 0 spiro atoms. The van der Waals surface area contributed by atoms with Crippen LogP contribution in [0.25, 0.3) is 0 Å². The highest BCUT2D eigenvalue weighted by atomic mass is 16.6. The number of nitrogens with zero attached hydrogens (tertiary/aromatic N) is 3. The molecule has 7 nitrogen and oxygen atoms in total. The predicted octanol–water partition coefficient (Wildman–Crippen LogP) is 4.75. The summed E-state index contributed by atoms with van der Waals surface area (Å²) >= 11 is 0. The van der Waals surface area contributed by atoms with Crippen LogP contribution in [0.3, 0.4) is 0 Å². The zero-order chi connectivity index (χ0) is 22.5. The van der Waals surface area contributed by atoms with E-state index < -0.39 is 11.0 Å². The van der Waals surface area contributed by atoms with Gasteiger partial charge in [0.25, 0.3) is 11.6 Å². The van der Waals surface area contributed by atoms with Crippen molar-refractivity contribution in [2.75, 3.05) is 18.0 Å². The number of nitro groups is 1. The van der Waals surface area contributed by atoms with Gasteiger partial charge in [0.1, 0.15) is 5.69 Å². The van der Waals surface area contributed by atoms with Crippen LogP contribution in [0.2, 0.25) is 0 Å². The van der Waals surface area contributed by atoms with Crippen LogP contribution in [0.1, 0.15) is 47.4 Å². The summed E-state index contributed by atoms with van der Waals surface area (Å²) in [5.74, 6) is 0.239. The molecule has 164 valence electrons. The second-order valence-corrected chi connectivity index (χ2v) is 8.20. The molecule has 1 saturated heterocycles. The fraction of sp³-hybridized carbons (Fsp3) is 0.280. The summed E-state index contributed by atoms with van der Waals surface area (Å²) in [6.07, 6.45) is 3.68. The van der Waals surface area contributed by atoms with Gasteiger partial charge in [0, 0.05) is 30.9 Å². The number of amides is 1. The number of benzene rings is 2. The summed E-state index contributed by atoms with van der Waals surface area (Å²) in [7, 11) is 0. The minimum atomic E-state index is -0.466. The SMILES string of the molecule is CC1CCN(c2ccc(C(=O)NC(c3ccccc3)c3ccccn3)cc2[N+](=O)[O-])CC1. The smallest absolute Gasteiger partial charge is 0.293 e. The zero-order valence-electron chi connectivity index (χ0n) is 18.0. The molecule has 1 fully saturated rings. The first-order chi connectivity index (χ1) is 15.5. The van der Waals surface area contributed by atoms with Gasteiger partial charge in [-0.2, -0.15) is 0 Å². The molecule has 1 aliphatic rings. The number of carbonyl (C=O) groups is 1. The van der Waals surface area contributed by atoms with Crippen molar-refractivity contribution in [3.8, 4) is 0 Å². The molecule has 0 bridgehead atoms. The van der Waals surface area contributed by atoms with E-state index in [0.29, 0.717) is 17.3 Å². The van der Waals surface area contributed by atoms with Crippen LogP contribution in [-0.2, 0) is 0 Å². The van der Waals surface area contributed by atoms with Gasteiger partial charge in [-0.15, -0.1) is 0 Å². The van der Waals surface area contributed by atoms with Crippen LogP contribution in [0.15, 0.2) is 72.9 Å². The lowest BCUT2D eigenvalue weighted by Crippen LogP contribution is -2.33. The van der Waals surface area contributed by atoms with E-state index >= 15 is 0 Å². The Morgan fingerprint density at radius 3 is 2.47 bits per heavy atom. The van der Waals surface area contributed by atoms with Gasteiger partial charge in [-0.05, 0) is 48.6 Å². The van der Waals surface area contributed by atoms with Crippen molar-refractivity contribution in [3.05, 3.63) is 99.9 Å². The van der Waals surface area contributed by atoms with Crippen molar-refractivity contribution < 1.29 is 9.72 Å². The molecule has 2 aromatic carbocycles. The Balaban J connectivity index is 1.61. The van der Waals surface area contributed by atoms with Crippen LogP contribution in [0, 0.1) is 16.0 Å². The van der Waals surface area contributed by atoms with E-state index in [1.54, 1.807) is 18.3 Å². The highest BCUT2D eigenvalue weighted by Gasteiger charge is 2.26. The van der Waals surface area contributed by atoms with Gasteiger partial charge in [-0.1, -0.05) is 43.3 Å². The third kappa shape index (κ3) is 4.77. The number of aromatic nitrogens is 1. The molecule has 7 heteroatoms. The van der Waals surface area contributed by atoms with Crippen molar-refractivity contribution in [3.63, 3.8) is 0 Å². The number of pyridine rings is 1. The number of nitrogens with one attached hydrogen (secondary N) is 1. The first kappa shape index (κ1) is 21.5. The van der Waals surface area contributed by atoms with Crippen molar-refractivity contribution in [2.45, 2.75) is 25.8 Å². The molecule has 0 radical (unpaired) electrons. The van der Waals surface area contributed by atoms with Gasteiger partial charge in [0.2, 0.25) is 0 Å². The van der Waals surface area contributed by atoms with E-state index in [1.165, 1.54) is 6.07 Å². The fourth-order valence-corrected chi connectivity index (χ4v) is 4.06. The number of carbonyl (C=O) groups excluding carboxylic acids is 1. The molecule has 1 N–H and O–H groups in total. The van der Waals surface area contributed by atoms with Gasteiger partial charge < -0.3 is 10.2 Å². The largest absolute Gasteiger partial charge is 0.366 e. The molecule has 1 aliphatic heterocycles. The van der Waals surface area contributed by atoms with E-state index in [-0.39, 0.29) is 17.2 Å². The minimum Gasteiger partial charge on any atom is -0.366 e. The molecule has 0 saturated carbocycles. The molecule has 4 rings (SSSR count). The molecule has 1 aromatic heterocycles. The first-order valence-electron chi connectivity index (χ1n) is 10.8. The van der Waals surface area contributed by atoms with Crippen molar-refractivity contribution >= 4 is 17.3 Å². The third-order valence-electron chi connectivity index (χ3n) is 5.95. The number of hydrogen-bond acceptors (Lipinski definition) is 5. The maximum atomic E-state index is 13.1. The van der Waals surface area contributed by atoms with E-state index in [0.717, 1.165) is 31.5 Å². The third-order valence-corrected chi connectivity index (χ3v) is 5.95. The summed E-state index contributed by atoms with van der Waals surface area (Å²) in [4.78, 5) is 31.0. The predicted molar refractivity (Wildman–Crippen MR) is 124 cm³/mol. The Bertz CT molecular complexity index is 1040. The van der Waals surface area contributed by atoms with Gasteiger partial charge in [0.05, 0.1) is 16.7 Å². The monoisotopic (exact) mass is 430 g/mol. The maximum absolute atomic E-state index is 13.1. The molecule has 3 aromatic rings. The van der Waals surface area contributed by atoms with Crippen molar-refractivity contribution in [1.82, 2.24) is 10.3 Å². The van der Waals surface area contributed by atoms with Crippen LogP contribution in [0.4, 0.5) is 11.4 Å². The molecule has 2 heterocycles. The van der Waals surface area contributed by atoms with Gasteiger partial charge in [-0.3, -0.25) is 19.9 Å². The topological polar surface area (TPSA) is 88.4 Å². The summed E-state index contributed by atoms with van der Waals surface area (Å²) in [6, 6.07) is 19.3. The highest BCUT2D eigenvalue weighted by molar-refractivity contribution is 5.96. The molecule has 1 unspecified atom stereocenters. The lowest BCUT2D eigenvalue weighted by Gasteiger charge is -2.31. The summed E-state index contributed by atoms with van der Waals surface area (Å²) in [6.45, 7) is 3.76. The molecular weight excluding hydrogens is 404 g/mol. The van der Waals surface area contributed by atoms with Crippen LogP contribution in [-0.4, -0.2) is 28.9 Å². The Morgan fingerprint density at radius 1 is 1.09 bits per heavy atom. The van der Waals surface area contributed by atoms with E-state index in [9.17, 15) is 14.9 Å². The second kappa shape index (κ2) is 9.60. The van der Waals surface area contributed by atoms with Crippen molar-refractivity contribution in [2.24, 2.45) is 5.92 Å². The van der Waals surface area contributed by atoms with Crippen LogP contribution >= 0.6 is 0 Å². The molecule has 32 heavy (non-hydrogen) atoms. The Kier molecular flexibility index (Phi) is 6.44. The normalized spacial score (nSPS) is 15.2. The Morgan fingerprint density at radius 2 is 1.81 bits per heavy atom. The summed E-state index contributed by atoms with van der Waals surface area (Å²) < 4.78 is 0. The highest BCUT2D eigenvalue weighted by Crippen LogP contribution is 2.32. The van der Waals surface area contributed by atoms with Gasteiger partial charge >= 0.3 is 0 Å². The lowest BCUT2D eigenvalue weighted by atomic mass is 9.98. The van der Waals surface area contributed by atoms with Crippen LogP contribution < -0.4 is 10.2 Å². The summed E-state index contributed by atoms with van der Waals surface area (Å²) in [5.41, 5.74) is 2.36. The average molecular weight is 431 g/mol. The first-order valence-corrected chi connectivity index (χ1v) is 10.8. The number of hydrogen-bond donors (Lipinski definition) is 1. The average Bonchev–Trinajstić information content (AvgIpc) is 2.83. The second-order valence-electron chi connectivity index (χ2n) is 8.20. The van der Waals surface area contributed by atoms with Crippen molar-refractivity contribution in [1.29, 1.82) is 0 Å². The number of piperidine rings is 1. The molecule has 1 atom stereocenters. The molecule has 0 aliphatic carbocycles. The number of anilines is 1. The fourth-order valence-electron chi connectivity index (χ4n) is 4.06. The van der Waals surface area contributed by atoms with Crippen LogP contribution in [0.5, 0.6) is 0 Å². The maximum Gasteiger partial charge on any atom is 0.293 e. The summed E-state index contributed by atoms with van der Waals surface area (Å²) in [5, 5.41) is 14.8.